The fraction of sp³-hybridized carbons (Fsp3) is 0.417. The summed E-state index contributed by atoms with van der Waals surface area (Å²) in [6.45, 7) is 6.18. The summed E-state index contributed by atoms with van der Waals surface area (Å²) in [5.74, 6) is 2.66. The Labute approximate surface area is 152 Å². The lowest BCUT2D eigenvalue weighted by molar-refractivity contribution is 0.195. The minimum atomic E-state index is 0.752. The number of benzene rings is 2. The van der Waals surface area contributed by atoms with E-state index in [0.29, 0.717) is 0 Å². The largest absolute Gasteiger partial charge is 0.399 e. The Morgan fingerprint density at radius 3 is 2.08 bits per heavy atom. The molecular formula is C24H29N. The average molecular weight is 332 g/mol. The van der Waals surface area contributed by atoms with E-state index in [9.17, 15) is 0 Å². The number of nitrogens with two attached hydrogens (primary N) is 1. The van der Waals surface area contributed by atoms with E-state index in [1.54, 1.807) is 0 Å². The quantitative estimate of drug-likeness (QED) is 0.505. The predicted octanol–water partition coefficient (Wildman–Crippen LogP) is 6.48. The van der Waals surface area contributed by atoms with Gasteiger partial charge in [0, 0.05) is 5.69 Å². The molecule has 0 saturated heterocycles. The summed E-state index contributed by atoms with van der Waals surface area (Å²) in [6.07, 6.45) is 8.11. The van der Waals surface area contributed by atoms with Crippen LogP contribution in [0.15, 0.2) is 54.6 Å². The molecule has 0 spiro atoms. The van der Waals surface area contributed by atoms with Gasteiger partial charge in [-0.15, -0.1) is 0 Å². The van der Waals surface area contributed by atoms with Crippen LogP contribution in [0.5, 0.6) is 0 Å². The topological polar surface area (TPSA) is 26.0 Å². The molecule has 0 atom stereocenters. The first-order chi connectivity index (χ1) is 12.1. The zero-order valence-corrected chi connectivity index (χ0v) is 15.3. The third-order valence-corrected chi connectivity index (χ3v) is 6.53. The van der Waals surface area contributed by atoms with Crippen molar-refractivity contribution in [1.29, 1.82) is 0 Å². The van der Waals surface area contributed by atoms with Crippen molar-refractivity contribution in [3.05, 3.63) is 65.7 Å². The van der Waals surface area contributed by atoms with Crippen LogP contribution in [0.2, 0.25) is 0 Å². The van der Waals surface area contributed by atoms with Gasteiger partial charge in [-0.3, -0.25) is 0 Å². The molecule has 2 saturated carbocycles. The average Bonchev–Trinajstić information content (AvgIpc) is 2.62. The molecule has 0 aliphatic heterocycles. The third kappa shape index (κ3) is 3.38. The SMILES string of the molecule is C=C1CC(C2CCC(c3ccc(-c4ccc(N)c(C)c4)cc3)CC2)C1. The van der Waals surface area contributed by atoms with Crippen LogP contribution in [0.25, 0.3) is 11.1 Å². The molecule has 25 heavy (non-hydrogen) atoms. The summed E-state index contributed by atoms with van der Waals surface area (Å²) in [7, 11) is 0. The monoisotopic (exact) mass is 331 g/mol. The number of allylic oxidation sites excluding steroid dienone is 1. The fourth-order valence-corrected chi connectivity index (χ4v) is 4.74. The van der Waals surface area contributed by atoms with Crippen LogP contribution in [0.4, 0.5) is 5.69 Å². The highest BCUT2D eigenvalue weighted by Crippen LogP contribution is 2.46. The maximum Gasteiger partial charge on any atom is 0.0344 e. The van der Waals surface area contributed by atoms with Crippen molar-refractivity contribution < 1.29 is 0 Å². The first-order valence-corrected chi connectivity index (χ1v) is 9.73. The first-order valence-electron chi connectivity index (χ1n) is 9.73. The normalized spacial score (nSPS) is 24.1. The smallest absolute Gasteiger partial charge is 0.0344 e. The molecule has 2 aliphatic rings. The first kappa shape index (κ1) is 16.4. The standard InChI is InChI=1S/C24H29N/c1-16-13-23(14-16)21-9-5-19(6-10-21)18-3-7-20(8-4-18)22-11-12-24(25)17(2)15-22/h3-4,7-8,11-12,15,19,21,23H,1,5-6,9-10,13-14,25H2,2H3. The molecule has 2 aliphatic carbocycles. The lowest BCUT2D eigenvalue weighted by atomic mass is 9.66. The minimum absolute atomic E-state index is 0.752. The Bertz CT molecular complexity index is 755. The molecule has 0 bridgehead atoms. The maximum atomic E-state index is 5.94. The van der Waals surface area contributed by atoms with Crippen LogP contribution in [0, 0.1) is 18.8 Å². The number of rotatable bonds is 3. The van der Waals surface area contributed by atoms with Crippen molar-refractivity contribution in [2.24, 2.45) is 11.8 Å². The van der Waals surface area contributed by atoms with E-state index in [2.05, 4.69) is 49.9 Å². The van der Waals surface area contributed by atoms with Gasteiger partial charge < -0.3 is 5.73 Å². The van der Waals surface area contributed by atoms with Gasteiger partial charge in [-0.05, 0) is 97.6 Å². The molecule has 0 unspecified atom stereocenters. The number of aryl methyl sites for hydroxylation is 1. The van der Waals surface area contributed by atoms with Gasteiger partial charge in [0.1, 0.15) is 0 Å². The van der Waals surface area contributed by atoms with Gasteiger partial charge in [0.2, 0.25) is 0 Å². The van der Waals surface area contributed by atoms with Crippen LogP contribution >= 0.6 is 0 Å². The maximum absolute atomic E-state index is 5.94. The third-order valence-electron chi connectivity index (χ3n) is 6.53. The molecule has 2 N–H and O–H groups in total. The lowest BCUT2D eigenvalue weighted by Gasteiger charge is -2.39. The van der Waals surface area contributed by atoms with Crippen molar-refractivity contribution in [2.75, 3.05) is 5.73 Å². The molecule has 2 aromatic carbocycles. The van der Waals surface area contributed by atoms with E-state index in [0.717, 1.165) is 29.0 Å². The Balaban J connectivity index is 1.40. The van der Waals surface area contributed by atoms with Gasteiger partial charge >= 0.3 is 0 Å². The van der Waals surface area contributed by atoms with Crippen molar-refractivity contribution in [3.8, 4) is 11.1 Å². The summed E-state index contributed by atoms with van der Waals surface area (Å²) < 4.78 is 0. The molecule has 0 radical (unpaired) electrons. The summed E-state index contributed by atoms with van der Waals surface area (Å²) in [5, 5.41) is 0. The molecule has 2 fully saturated rings. The zero-order valence-electron chi connectivity index (χ0n) is 15.3. The zero-order chi connectivity index (χ0) is 17.4. The van der Waals surface area contributed by atoms with Crippen LogP contribution in [0.3, 0.4) is 0 Å². The van der Waals surface area contributed by atoms with Crippen molar-refractivity contribution in [1.82, 2.24) is 0 Å². The van der Waals surface area contributed by atoms with E-state index >= 15 is 0 Å². The molecule has 0 heterocycles. The number of anilines is 1. The highest BCUT2D eigenvalue weighted by molar-refractivity contribution is 5.67. The summed E-state index contributed by atoms with van der Waals surface area (Å²) in [5.41, 5.74) is 13.5. The van der Waals surface area contributed by atoms with Crippen molar-refractivity contribution in [3.63, 3.8) is 0 Å². The number of hydrogen-bond donors (Lipinski definition) is 1. The second-order valence-corrected chi connectivity index (χ2v) is 8.22. The highest BCUT2D eigenvalue weighted by atomic mass is 14.5. The number of nitrogen functional groups attached to an aromatic ring is 1. The molecule has 1 nitrogen and oxygen atoms in total. The number of hydrogen-bond acceptors (Lipinski definition) is 1. The Kier molecular flexibility index (Phi) is 4.41. The van der Waals surface area contributed by atoms with E-state index < -0.39 is 0 Å². The van der Waals surface area contributed by atoms with Gasteiger partial charge in [0.25, 0.3) is 0 Å². The summed E-state index contributed by atoms with van der Waals surface area (Å²) in [6, 6.07) is 15.6. The molecule has 130 valence electrons. The Hall–Kier alpha value is -2.02. The summed E-state index contributed by atoms with van der Waals surface area (Å²) >= 11 is 0. The van der Waals surface area contributed by atoms with E-state index in [-0.39, 0.29) is 0 Å². The van der Waals surface area contributed by atoms with Crippen molar-refractivity contribution in [2.45, 2.75) is 51.4 Å². The Morgan fingerprint density at radius 1 is 0.840 bits per heavy atom. The lowest BCUT2D eigenvalue weighted by Crippen LogP contribution is -2.27. The summed E-state index contributed by atoms with van der Waals surface area (Å²) in [4.78, 5) is 0. The molecule has 1 heteroatoms. The van der Waals surface area contributed by atoms with Gasteiger partial charge in [-0.1, -0.05) is 42.5 Å². The van der Waals surface area contributed by atoms with Crippen LogP contribution in [0.1, 0.15) is 55.6 Å². The van der Waals surface area contributed by atoms with Crippen LogP contribution in [-0.2, 0) is 0 Å². The second kappa shape index (κ2) is 6.71. The van der Waals surface area contributed by atoms with Crippen molar-refractivity contribution >= 4 is 5.69 Å². The molecule has 2 aromatic rings. The van der Waals surface area contributed by atoms with Gasteiger partial charge in [-0.25, -0.2) is 0 Å². The molecule has 0 amide bonds. The predicted molar refractivity (Wildman–Crippen MR) is 108 cm³/mol. The van der Waals surface area contributed by atoms with E-state index in [1.165, 1.54) is 60.8 Å². The van der Waals surface area contributed by atoms with Gasteiger partial charge in [0.05, 0.1) is 0 Å². The minimum Gasteiger partial charge on any atom is -0.399 e. The van der Waals surface area contributed by atoms with Gasteiger partial charge in [0.15, 0.2) is 0 Å². The van der Waals surface area contributed by atoms with Gasteiger partial charge in [-0.2, -0.15) is 0 Å². The molecule has 4 rings (SSSR count). The van der Waals surface area contributed by atoms with E-state index in [4.69, 9.17) is 5.73 Å². The Morgan fingerprint density at radius 2 is 1.48 bits per heavy atom. The second-order valence-electron chi connectivity index (χ2n) is 8.22. The van der Waals surface area contributed by atoms with Crippen LogP contribution < -0.4 is 5.73 Å². The van der Waals surface area contributed by atoms with E-state index in [1.807, 2.05) is 6.07 Å². The van der Waals surface area contributed by atoms with Crippen LogP contribution in [-0.4, -0.2) is 0 Å². The molecule has 0 aromatic heterocycles. The fourth-order valence-electron chi connectivity index (χ4n) is 4.74. The highest BCUT2D eigenvalue weighted by Gasteiger charge is 2.33. The molecular weight excluding hydrogens is 302 g/mol.